The Morgan fingerprint density at radius 2 is 1.22 bits per heavy atom. The van der Waals surface area contributed by atoms with Crippen LogP contribution in [-0.4, -0.2) is 0 Å². The molecule has 0 radical (unpaired) electrons. The molecule has 0 atom stereocenters. The zero-order valence-corrected chi connectivity index (χ0v) is 16.3. The molecule has 0 aromatic carbocycles. The van der Waals surface area contributed by atoms with Gasteiger partial charge in [0, 0.05) is 25.0 Å². The summed E-state index contributed by atoms with van der Waals surface area (Å²) in [5.41, 5.74) is 1.46. The second-order valence-corrected chi connectivity index (χ2v) is 6.63. The summed E-state index contributed by atoms with van der Waals surface area (Å²) in [5, 5.41) is 0. The Morgan fingerprint density at radius 1 is 0.696 bits per heavy atom. The molecule has 0 aliphatic rings. The van der Waals surface area contributed by atoms with Gasteiger partial charge in [0.25, 0.3) is 0 Å². The number of aryl methyl sites for hydroxylation is 2. The second kappa shape index (κ2) is 16.3. The number of aromatic nitrogens is 1. The van der Waals surface area contributed by atoms with Gasteiger partial charge in [-0.1, -0.05) is 84.1 Å². The highest BCUT2D eigenvalue weighted by Gasteiger charge is 2.05. The smallest absolute Gasteiger partial charge is 0.181 e. The van der Waals surface area contributed by atoms with Crippen molar-refractivity contribution in [2.24, 2.45) is 0 Å². The quantitative estimate of drug-likeness (QED) is 0.362. The van der Waals surface area contributed by atoms with E-state index in [0.29, 0.717) is 0 Å². The summed E-state index contributed by atoms with van der Waals surface area (Å²) in [5.74, 6) is 0. The van der Waals surface area contributed by atoms with Gasteiger partial charge in [0.2, 0.25) is 0 Å². The molecule has 0 aliphatic carbocycles. The minimum absolute atomic E-state index is 0. The minimum Gasteiger partial charge on any atom is -1.00 e. The highest BCUT2D eigenvalue weighted by molar-refractivity contribution is 4.96. The summed E-state index contributed by atoms with van der Waals surface area (Å²) in [7, 11) is 0. The third kappa shape index (κ3) is 11.6. The lowest BCUT2D eigenvalue weighted by atomic mass is 10.1. The van der Waals surface area contributed by atoms with Gasteiger partial charge in [0.05, 0.1) is 0 Å². The summed E-state index contributed by atoms with van der Waals surface area (Å²) < 4.78 is 2.43. The lowest BCUT2D eigenvalue weighted by molar-refractivity contribution is -0.704. The van der Waals surface area contributed by atoms with E-state index >= 15 is 0 Å². The lowest BCUT2D eigenvalue weighted by Crippen LogP contribution is -3.00. The van der Waals surface area contributed by atoms with Gasteiger partial charge in [-0.15, -0.1) is 0 Å². The standard InChI is InChI=1S/C21H38N.ClH/c1-3-5-6-7-8-9-10-11-12-13-14-16-19-22-20-17-15-18-21(22)4-2;/h15,17-18,20H,3-14,16,19H2,1-2H3;1H/q+1;/p-1. The number of pyridine rings is 1. The fourth-order valence-electron chi connectivity index (χ4n) is 3.17. The Labute approximate surface area is 151 Å². The van der Waals surface area contributed by atoms with Gasteiger partial charge in [0.15, 0.2) is 11.9 Å². The molecule has 0 saturated carbocycles. The lowest BCUT2D eigenvalue weighted by Gasteiger charge is -2.03. The first-order valence-electron chi connectivity index (χ1n) is 9.85. The molecule has 1 nitrogen and oxygen atoms in total. The van der Waals surface area contributed by atoms with Gasteiger partial charge in [-0.2, -0.15) is 0 Å². The molecule has 0 aliphatic heterocycles. The molecule has 0 saturated heterocycles. The van der Waals surface area contributed by atoms with Crippen molar-refractivity contribution in [1.29, 1.82) is 0 Å². The molecule has 0 unspecified atom stereocenters. The molecule has 1 rings (SSSR count). The monoisotopic (exact) mass is 339 g/mol. The van der Waals surface area contributed by atoms with Crippen LogP contribution in [0.4, 0.5) is 0 Å². The summed E-state index contributed by atoms with van der Waals surface area (Å²) in [4.78, 5) is 0. The molecule has 0 fully saturated rings. The van der Waals surface area contributed by atoms with Crippen molar-refractivity contribution in [1.82, 2.24) is 0 Å². The molecule has 134 valence electrons. The van der Waals surface area contributed by atoms with E-state index in [1.54, 1.807) is 0 Å². The van der Waals surface area contributed by atoms with Crippen LogP contribution in [0.15, 0.2) is 24.4 Å². The third-order valence-electron chi connectivity index (χ3n) is 4.65. The van der Waals surface area contributed by atoms with Gasteiger partial charge in [-0.05, 0) is 6.42 Å². The number of rotatable bonds is 14. The van der Waals surface area contributed by atoms with Crippen molar-refractivity contribution in [3.63, 3.8) is 0 Å². The molecule has 0 bridgehead atoms. The van der Waals surface area contributed by atoms with E-state index < -0.39 is 0 Å². The summed E-state index contributed by atoms with van der Waals surface area (Å²) in [6.07, 6.45) is 20.5. The predicted molar refractivity (Wildman–Crippen MR) is 97.1 cm³/mol. The number of hydrogen-bond acceptors (Lipinski definition) is 0. The van der Waals surface area contributed by atoms with Crippen LogP contribution in [0.1, 0.15) is 96.6 Å². The van der Waals surface area contributed by atoms with Crippen LogP contribution in [0.3, 0.4) is 0 Å². The third-order valence-corrected chi connectivity index (χ3v) is 4.65. The minimum atomic E-state index is 0. The SMILES string of the molecule is CCCCCCCCCCCCCC[n+]1ccccc1CC.[Cl-]. The van der Waals surface area contributed by atoms with E-state index in [1.165, 1.54) is 89.3 Å². The highest BCUT2D eigenvalue weighted by atomic mass is 35.5. The van der Waals surface area contributed by atoms with E-state index in [1.807, 2.05) is 0 Å². The molecule has 1 heterocycles. The number of halogens is 1. The maximum absolute atomic E-state index is 2.43. The summed E-state index contributed by atoms with van der Waals surface area (Å²) >= 11 is 0. The van der Waals surface area contributed by atoms with Crippen molar-refractivity contribution in [3.05, 3.63) is 30.1 Å². The van der Waals surface area contributed by atoms with Crippen LogP contribution < -0.4 is 17.0 Å². The Hall–Kier alpha value is -0.560. The maximum atomic E-state index is 2.43. The molecular weight excluding hydrogens is 302 g/mol. The maximum Gasteiger partial charge on any atom is 0.181 e. The van der Waals surface area contributed by atoms with E-state index in [-0.39, 0.29) is 12.4 Å². The Balaban J connectivity index is 0.00000484. The number of nitrogens with zero attached hydrogens (tertiary/aromatic N) is 1. The van der Waals surface area contributed by atoms with Crippen molar-refractivity contribution < 1.29 is 17.0 Å². The van der Waals surface area contributed by atoms with Gasteiger partial charge in [0.1, 0.15) is 6.54 Å². The Bertz CT molecular complexity index is 365. The molecule has 0 amide bonds. The van der Waals surface area contributed by atoms with E-state index in [9.17, 15) is 0 Å². The van der Waals surface area contributed by atoms with E-state index in [4.69, 9.17) is 0 Å². The topological polar surface area (TPSA) is 3.88 Å². The molecule has 0 N–H and O–H groups in total. The first-order valence-corrected chi connectivity index (χ1v) is 9.85. The van der Waals surface area contributed by atoms with Gasteiger partial charge >= 0.3 is 0 Å². The van der Waals surface area contributed by atoms with Crippen LogP contribution in [0, 0.1) is 0 Å². The molecule has 23 heavy (non-hydrogen) atoms. The molecule has 1 aromatic heterocycles. The average molecular weight is 340 g/mol. The fraction of sp³-hybridized carbons (Fsp3) is 0.762. The Kier molecular flexibility index (Phi) is 15.9. The largest absolute Gasteiger partial charge is 1.00 e. The molecule has 0 spiro atoms. The van der Waals surface area contributed by atoms with E-state index in [0.717, 1.165) is 6.42 Å². The van der Waals surface area contributed by atoms with Crippen LogP contribution in [-0.2, 0) is 13.0 Å². The van der Waals surface area contributed by atoms with Crippen molar-refractivity contribution in [3.8, 4) is 0 Å². The number of hydrogen-bond donors (Lipinski definition) is 0. The summed E-state index contributed by atoms with van der Waals surface area (Å²) in [6.45, 7) is 5.73. The van der Waals surface area contributed by atoms with Crippen molar-refractivity contribution >= 4 is 0 Å². The fourth-order valence-corrected chi connectivity index (χ4v) is 3.17. The molecular formula is C21H38ClN. The van der Waals surface area contributed by atoms with Crippen LogP contribution in [0.2, 0.25) is 0 Å². The zero-order valence-electron chi connectivity index (χ0n) is 15.5. The van der Waals surface area contributed by atoms with Gasteiger partial charge < -0.3 is 12.4 Å². The normalized spacial score (nSPS) is 10.5. The van der Waals surface area contributed by atoms with Gasteiger partial charge in [-0.25, -0.2) is 4.57 Å². The van der Waals surface area contributed by atoms with Crippen molar-refractivity contribution in [2.45, 2.75) is 104 Å². The predicted octanol–water partition coefficient (Wildman–Crippen LogP) is 3.24. The van der Waals surface area contributed by atoms with E-state index in [2.05, 4.69) is 42.8 Å². The number of unbranched alkanes of at least 4 members (excludes halogenated alkanes) is 11. The van der Waals surface area contributed by atoms with Crippen LogP contribution in [0.25, 0.3) is 0 Å². The van der Waals surface area contributed by atoms with Gasteiger partial charge in [-0.3, -0.25) is 0 Å². The second-order valence-electron chi connectivity index (χ2n) is 6.63. The van der Waals surface area contributed by atoms with Crippen molar-refractivity contribution in [2.75, 3.05) is 0 Å². The average Bonchev–Trinajstić information content (AvgIpc) is 2.56. The molecule has 1 aromatic rings. The highest BCUT2D eigenvalue weighted by Crippen LogP contribution is 2.11. The summed E-state index contributed by atoms with van der Waals surface area (Å²) in [6, 6.07) is 6.55. The first-order chi connectivity index (χ1) is 10.9. The zero-order chi connectivity index (χ0) is 15.9. The molecule has 2 heteroatoms. The first kappa shape index (κ1) is 22.4. The van der Waals surface area contributed by atoms with Crippen LogP contribution in [0.5, 0.6) is 0 Å². The van der Waals surface area contributed by atoms with Crippen LogP contribution >= 0.6 is 0 Å². The Morgan fingerprint density at radius 3 is 1.74 bits per heavy atom.